The first-order chi connectivity index (χ1) is 11.3. The summed E-state index contributed by atoms with van der Waals surface area (Å²) < 4.78 is 21.7. The maximum absolute atomic E-state index is 5.58. The average Bonchev–Trinajstić information content (AvgIpc) is 3.07. The highest BCUT2D eigenvalue weighted by molar-refractivity contribution is 5.31. The molecule has 3 aromatic rings. The van der Waals surface area contributed by atoms with Crippen LogP contribution in [0.25, 0.3) is 0 Å². The van der Waals surface area contributed by atoms with Gasteiger partial charge >= 0.3 is 0 Å². The maximum atomic E-state index is 5.58. The van der Waals surface area contributed by atoms with Crippen molar-refractivity contribution in [2.24, 2.45) is 0 Å². The molecular weight excluding hydrogens is 296 g/mol. The predicted octanol–water partition coefficient (Wildman–Crippen LogP) is 3.24. The second-order valence-electron chi connectivity index (χ2n) is 4.66. The second-order valence-corrected chi connectivity index (χ2v) is 4.66. The summed E-state index contributed by atoms with van der Waals surface area (Å²) in [5, 5.41) is 7.86. The fraction of sp³-hybridized carbons (Fsp3) is 0.176. The minimum absolute atomic E-state index is 0.199. The molecule has 0 atom stereocenters. The van der Waals surface area contributed by atoms with Crippen LogP contribution in [0.3, 0.4) is 0 Å². The van der Waals surface area contributed by atoms with Crippen LogP contribution in [0.5, 0.6) is 17.2 Å². The summed E-state index contributed by atoms with van der Waals surface area (Å²) in [7, 11) is 1.62. The van der Waals surface area contributed by atoms with E-state index in [4.69, 9.17) is 18.6 Å². The zero-order valence-electron chi connectivity index (χ0n) is 12.6. The maximum Gasteiger partial charge on any atom is 0.254 e. The van der Waals surface area contributed by atoms with Crippen LogP contribution in [-0.4, -0.2) is 17.3 Å². The Morgan fingerprint density at radius 1 is 0.739 bits per heavy atom. The monoisotopic (exact) mass is 312 g/mol. The molecule has 0 aliphatic heterocycles. The molecule has 0 spiro atoms. The SMILES string of the molecule is COc1ccc(OCc2nnc(COc3ccccc3)o2)cc1. The van der Waals surface area contributed by atoms with Crippen molar-refractivity contribution in [1.82, 2.24) is 10.2 Å². The van der Waals surface area contributed by atoms with E-state index in [1.165, 1.54) is 0 Å². The van der Waals surface area contributed by atoms with Crippen LogP contribution < -0.4 is 14.2 Å². The van der Waals surface area contributed by atoms with Gasteiger partial charge in [0, 0.05) is 0 Å². The van der Waals surface area contributed by atoms with Gasteiger partial charge in [0.15, 0.2) is 13.2 Å². The zero-order valence-corrected chi connectivity index (χ0v) is 12.6. The van der Waals surface area contributed by atoms with E-state index in [1.54, 1.807) is 7.11 Å². The van der Waals surface area contributed by atoms with Gasteiger partial charge < -0.3 is 18.6 Å². The van der Waals surface area contributed by atoms with Gasteiger partial charge in [-0.1, -0.05) is 18.2 Å². The molecule has 0 aliphatic carbocycles. The third-order valence-electron chi connectivity index (χ3n) is 3.04. The Kier molecular flexibility index (Phi) is 4.73. The van der Waals surface area contributed by atoms with Crippen LogP contribution >= 0.6 is 0 Å². The van der Waals surface area contributed by atoms with Crippen LogP contribution in [-0.2, 0) is 13.2 Å². The molecular formula is C17H16N2O4. The summed E-state index contributed by atoms with van der Waals surface area (Å²) in [4.78, 5) is 0. The molecule has 23 heavy (non-hydrogen) atoms. The number of methoxy groups -OCH3 is 1. The molecule has 1 heterocycles. The highest BCUT2D eigenvalue weighted by Gasteiger charge is 2.07. The Bertz CT molecular complexity index is 726. The van der Waals surface area contributed by atoms with Crippen molar-refractivity contribution >= 4 is 0 Å². The van der Waals surface area contributed by atoms with Crippen molar-refractivity contribution in [2.75, 3.05) is 7.11 Å². The van der Waals surface area contributed by atoms with Crippen molar-refractivity contribution in [2.45, 2.75) is 13.2 Å². The molecule has 0 amide bonds. The van der Waals surface area contributed by atoms with E-state index in [9.17, 15) is 0 Å². The Balaban J connectivity index is 1.50. The number of aromatic nitrogens is 2. The van der Waals surface area contributed by atoms with Crippen molar-refractivity contribution in [3.63, 3.8) is 0 Å². The number of ether oxygens (including phenoxy) is 3. The summed E-state index contributed by atoms with van der Waals surface area (Å²) in [6.45, 7) is 0.421. The lowest BCUT2D eigenvalue weighted by Gasteiger charge is -2.04. The molecule has 2 aromatic carbocycles. The first-order valence-electron chi connectivity index (χ1n) is 7.09. The Morgan fingerprint density at radius 3 is 1.83 bits per heavy atom. The van der Waals surface area contributed by atoms with Gasteiger partial charge in [0.1, 0.15) is 17.2 Å². The van der Waals surface area contributed by atoms with E-state index in [1.807, 2.05) is 54.6 Å². The Morgan fingerprint density at radius 2 is 1.26 bits per heavy atom. The molecule has 118 valence electrons. The van der Waals surface area contributed by atoms with E-state index in [-0.39, 0.29) is 13.2 Å². The highest BCUT2D eigenvalue weighted by atomic mass is 16.5. The van der Waals surface area contributed by atoms with Gasteiger partial charge in [-0.05, 0) is 36.4 Å². The van der Waals surface area contributed by atoms with Gasteiger partial charge in [0.25, 0.3) is 11.8 Å². The van der Waals surface area contributed by atoms with E-state index in [0.29, 0.717) is 17.5 Å². The quantitative estimate of drug-likeness (QED) is 0.667. The standard InChI is InChI=1S/C17H16N2O4/c1-20-13-7-9-15(10-8-13)22-12-17-19-18-16(23-17)11-21-14-5-3-2-4-6-14/h2-10H,11-12H2,1H3. The van der Waals surface area contributed by atoms with Crippen LogP contribution in [0.1, 0.15) is 11.8 Å². The fourth-order valence-electron chi connectivity index (χ4n) is 1.88. The van der Waals surface area contributed by atoms with E-state index >= 15 is 0 Å². The number of hydrogen-bond acceptors (Lipinski definition) is 6. The van der Waals surface area contributed by atoms with E-state index in [2.05, 4.69) is 10.2 Å². The van der Waals surface area contributed by atoms with Gasteiger partial charge in [-0.2, -0.15) is 0 Å². The summed E-state index contributed by atoms with van der Waals surface area (Å²) >= 11 is 0. The van der Waals surface area contributed by atoms with E-state index in [0.717, 1.165) is 11.5 Å². The topological polar surface area (TPSA) is 66.6 Å². The normalized spacial score (nSPS) is 10.3. The van der Waals surface area contributed by atoms with Crippen LogP contribution in [0, 0.1) is 0 Å². The molecule has 3 rings (SSSR count). The highest BCUT2D eigenvalue weighted by Crippen LogP contribution is 2.18. The predicted molar refractivity (Wildman–Crippen MR) is 82.4 cm³/mol. The number of benzene rings is 2. The molecule has 0 bridgehead atoms. The number of hydrogen-bond donors (Lipinski definition) is 0. The minimum atomic E-state index is 0.199. The van der Waals surface area contributed by atoms with Gasteiger partial charge in [-0.3, -0.25) is 0 Å². The minimum Gasteiger partial charge on any atom is -0.497 e. The molecule has 0 aliphatic rings. The van der Waals surface area contributed by atoms with Crippen LogP contribution in [0.15, 0.2) is 59.0 Å². The summed E-state index contributed by atoms with van der Waals surface area (Å²) in [6.07, 6.45) is 0. The van der Waals surface area contributed by atoms with Crippen LogP contribution in [0.4, 0.5) is 0 Å². The molecule has 0 saturated heterocycles. The van der Waals surface area contributed by atoms with Gasteiger partial charge in [0.05, 0.1) is 7.11 Å². The largest absolute Gasteiger partial charge is 0.497 e. The zero-order chi connectivity index (χ0) is 15.9. The molecule has 0 unspecified atom stereocenters. The smallest absolute Gasteiger partial charge is 0.254 e. The van der Waals surface area contributed by atoms with Gasteiger partial charge in [0.2, 0.25) is 0 Å². The summed E-state index contributed by atoms with van der Waals surface area (Å²) in [6, 6.07) is 16.7. The van der Waals surface area contributed by atoms with Crippen molar-refractivity contribution < 1.29 is 18.6 Å². The first-order valence-corrected chi connectivity index (χ1v) is 7.09. The second kappa shape index (κ2) is 7.31. The molecule has 6 nitrogen and oxygen atoms in total. The lowest BCUT2D eigenvalue weighted by atomic mass is 10.3. The fourth-order valence-corrected chi connectivity index (χ4v) is 1.88. The van der Waals surface area contributed by atoms with Crippen molar-refractivity contribution in [1.29, 1.82) is 0 Å². The summed E-state index contributed by atoms with van der Waals surface area (Å²) in [5.41, 5.74) is 0. The van der Waals surface area contributed by atoms with Crippen LogP contribution in [0.2, 0.25) is 0 Å². The molecule has 0 fully saturated rings. The number of nitrogens with zero attached hydrogens (tertiary/aromatic N) is 2. The molecule has 0 saturated carbocycles. The Hall–Kier alpha value is -3.02. The van der Waals surface area contributed by atoms with Gasteiger partial charge in [-0.15, -0.1) is 10.2 Å². The molecule has 0 N–H and O–H groups in total. The molecule has 1 aromatic heterocycles. The number of para-hydroxylation sites is 1. The first kappa shape index (κ1) is 14.9. The third kappa shape index (κ3) is 4.23. The van der Waals surface area contributed by atoms with Crippen molar-refractivity contribution in [3.8, 4) is 17.2 Å². The lowest BCUT2D eigenvalue weighted by molar-refractivity contribution is 0.231. The molecule has 0 radical (unpaired) electrons. The molecule has 6 heteroatoms. The Labute approximate surface area is 133 Å². The average molecular weight is 312 g/mol. The van der Waals surface area contributed by atoms with Crippen molar-refractivity contribution in [3.05, 3.63) is 66.4 Å². The van der Waals surface area contributed by atoms with E-state index < -0.39 is 0 Å². The lowest BCUT2D eigenvalue weighted by Crippen LogP contribution is -1.96. The van der Waals surface area contributed by atoms with Gasteiger partial charge in [-0.25, -0.2) is 0 Å². The number of rotatable bonds is 7. The third-order valence-corrected chi connectivity index (χ3v) is 3.04. The summed E-state index contributed by atoms with van der Waals surface area (Å²) in [5.74, 6) is 3.03.